The van der Waals surface area contributed by atoms with Crippen LogP contribution in [0.25, 0.3) is 88.0 Å². The van der Waals surface area contributed by atoms with Gasteiger partial charge in [-0.05, 0) is 102 Å². The standard InChI is InChI=1S/C49H32N2/c1-51-46-25-24-44-48-42(22-23-43(49(46)48)41-21-19-39(29-47(41)51)37-17-15-31-7-3-5-9-35(31)27-37)40-20-18-38(28-45(40)50-44)33-12-10-32(11-13-33)36-16-14-30-6-2-4-8-34(30)26-36/h2-29,50H,1H3. The molecule has 2 heteroatoms. The fourth-order valence-electron chi connectivity index (χ4n) is 8.46. The Morgan fingerprint density at radius 1 is 0.333 bits per heavy atom. The second kappa shape index (κ2) is 10.7. The summed E-state index contributed by atoms with van der Waals surface area (Å²) in [5.74, 6) is 0. The SMILES string of the molecule is CN1c2cc(-c3ccc4ccccc4c3)ccc2-c2ccc3c4c(ccc1c24)Nc1cc(-c2ccc(-c4ccc5ccccc5c4)cc2)ccc1-3. The molecule has 0 aliphatic carbocycles. The van der Waals surface area contributed by atoms with Gasteiger partial charge in [-0.15, -0.1) is 0 Å². The minimum Gasteiger partial charge on any atom is -0.354 e. The molecule has 11 rings (SSSR count). The fourth-order valence-corrected chi connectivity index (χ4v) is 8.46. The third-order valence-corrected chi connectivity index (χ3v) is 11.1. The van der Waals surface area contributed by atoms with E-state index in [1.807, 2.05) is 0 Å². The Balaban J connectivity index is 0.959. The van der Waals surface area contributed by atoms with Crippen LogP contribution in [0.1, 0.15) is 0 Å². The van der Waals surface area contributed by atoms with Gasteiger partial charge in [-0.1, -0.05) is 133 Å². The van der Waals surface area contributed by atoms with Crippen LogP contribution in [-0.4, -0.2) is 7.05 Å². The van der Waals surface area contributed by atoms with E-state index in [0.717, 1.165) is 11.4 Å². The molecular formula is C49H32N2. The smallest absolute Gasteiger partial charge is 0.0496 e. The maximum Gasteiger partial charge on any atom is 0.0496 e. The summed E-state index contributed by atoms with van der Waals surface area (Å²) in [5.41, 5.74) is 17.2. The summed E-state index contributed by atoms with van der Waals surface area (Å²) in [6, 6.07) is 62.5. The van der Waals surface area contributed by atoms with Gasteiger partial charge >= 0.3 is 0 Å². The monoisotopic (exact) mass is 648 g/mol. The van der Waals surface area contributed by atoms with Gasteiger partial charge in [-0.25, -0.2) is 0 Å². The molecule has 0 unspecified atom stereocenters. The van der Waals surface area contributed by atoms with Crippen LogP contribution in [0, 0.1) is 0 Å². The molecule has 2 nitrogen and oxygen atoms in total. The first-order valence-corrected chi connectivity index (χ1v) is 17.6. The molecule has 0 saturated heterocycles. The average Bonchev–Trinajstić information content (AvgIpc) is 3.20. The van der Waals surface area contributed by atoms with Crippen molar-refractivity contribution in [2.45, 2.75) is 0 Å². The van der Waals surface area contributed by atoms with E-state index >= 15 is 0 Å². The molecule has 0 amide bonds. The third-order valence-electron chi connectivity index (χ3n) is 11.1. The van der Waals surface area contributed by atoms with Gasteiger partial charge in [0.05, 0.1) is 0 Å². The van der Waals surface area contributed by atoms with Gasteiger partial charge < -0.3 is 10.2 Å². The summed E-state index contributed by atoms with van der Waals surface area (Å²) < 4.78 is 0. The van der Waals surface area contributed by atoms with Crippen LogP contribution in [0.5, 0.6) is 0 Å². The van der Waals surface area contributed by atoms with E-state index in [9.17, 15) is 0 Å². The molecule has 2 aliphatic heterocycles. The Kier molecular flexibility index (Phi) is 5.91. The van der Waals surface area contributed by atoms with Crippen molar-refractivity contribution in [3.8, 4) is 55.6 Å². The quantitative estimate of drug-likeness (QED) is 0.205. The van der Waals surface area contributed by atoms with Crippen LogP contribution < -0.4 is 10.2 Å². The number of benzene rings is 9. The summed E-state index contributed by atoms with van der Waals surface area (Å²) in [6.45, 7) is 0. The fraction of sp³-hybridized carbons (Fsp3) is 0.0204. The maximum atomic E-state index is 3.84. The lowest BCUT2D eigenvalue weighted by Crippen LogP contribution is -2.16. The van der Waals surface area contributed by atoms with Crippen LogP contribution in [0.2, 0.25) is 0 Å². The zero-order chi connectivity index (χ0) is 33.6. The first kappa shape index (κ1) is 28.2. The summed E-state index contributed by atoms with van der Waals surface area (Å²) in [6.07, 6.45) is 0. The van der Waals surface area contributed by atoms with E-state index in [-0.39, 0.29) is 0 Å². The lowest BCUT2D eigenvalue weighted by Gasteiger charge is -2.33. The lowest BCUT2D eigenvalue weighted by atomic mass is 9.84. The van der Waals surface area contributed by atoms with Crippen molar-refractivity contribution >= 4 is 55.1 Å². The van der Waals surface area contributed by atoms with Gasteiger partial charge in [0.15, 0.2) is 0 Å². The van der Waals surface area contributed by atoms with Crippen LogP contribution in [0.3, 0.4) is 0 Å². The highest BCUT2D eigenvalue weighted by Crippen LogP contribution is 2.54. The topological polar surface area (TPSA) is 15.3 Å². The van der Waals surface area contributed by atoms with Gasteiger partial charge in [-0.2, -0.15) is 0 Å². The highest BCUT2D eigenvalue weighted by atomic mass is 15.1. The normalized spacial score (nSPS) is 12.5. The number of hydrogen-bond acceptors (Lipinski definition) is 2. The Bertz CT molecular complexity index is 2900. The Morgan fingerprint density at radius 3 is 1.49 bits per heavy atom. The summed E-state index contributed by atoms with van der Waals surface area (Å²) >= 11 is 0. The highest BCUT2D eigenvalue weighted by Gasteiger charge is 2.28. The molecule has 1 N–H and O–H groups in total. The van der Waals surface area contributed by atoms with Crippen molar-refractivity contribution in [3.63, 3.8) is 0 Å². The minimum absolute atomic E-state index is 1.14. The van der Waals surface area contributed by atoms with Crippen molar-refractivity contribution < 1.29 is 0 Å². The molecule has 0 saturated carbocycles. The predicted octanol–water partition coefficient (Wildman–Crippen LogP) is 13.6. The molecule has 51 heavy (non-hydrogen) atoms. The first-order chi connectivity index (χ1) is 25.2. The summed E-state index contributed by atoms with van der Waals surface area (Å²) in [5, 5.41) is 11.5. The lowest BCUT2D eigenvalue weighted by molar-refractivity contribution is 1.21. The average molecular weight is 649 g/mol. The summed E-state index contributed by atoms with van der Waals surface area (Å²) in [7, 11) is 2.21. The molecule has 9 aromatic rings. The number of nitrogens with zero attached hydrogens (tertiary/aromatic N) is 1. The zero-order valence-corrected chi connectivity index (χ0v) is 28.1. The number of fused-ring (bicyclic) bond motifs is 6. The third kappa shape index (κ3) is 4.30. The number of anilines is 4. The molecule has 9 aromatic carbocycles. The predicted molar refractivity (Wildman–Crippen MR) is 217 cm³/mol. The van der Waals surface area contributed by atoms with E-state index in [2.05, 4.69) is 187 Å². The molecule has 0 aromatic heterocycles. The van der Waals surface area contributed by atoms with Crippen molar-refractivity contribution in [2.24, 2.45) is 0 Å². The van der Waals surface area contributed by atoms with Gasteiger partial charge in [-0.3, -0.25) is 0 Å². The minimum atomic E-state index is 1.14. The second-order valence-electron chi connectivity index (χ2n) is 13.9. The van der Waals surface area contributed by atoms with Crippen molar-refractivity contribution in [1.82, 2.24) is 0 Å². The Labute approximate surface area is 296 Å². The first-order valence-electron chi connectivity index (χ1n) is 17.6. The van der Waals surface area contributed by atoms with Crippen LogP contribution in [-0.2, 0) is 0 Å². The molecule has 2 aliphatic rings. The molecular weight excluding hydrogens is 617 g/mol. The van der Waals surface area contributed by atoms with Crippen LogP contribution >= 0.6 is 0 Å². The highest BCUT2D eigenvalue weighted by molar-refractivity contribution is 6.22. The zero-order valence-electron chi connectivity index (χ0n) is 28.1. The van der Waals surface area contributed by atoms with Gasteiger partial charge in [0.25, 0.3) is 0 Å². The number of hydrogen-bond donors (Lipinski definition) is 1. The number of rotatable bonds is 3. The van der Waals surface area contributed by atoms with E-state index in [0.29, 0.717) is 0 Å². The van der Waals surface area contributed by atoms with Crippen LogP contribution in [0.15, 0.2) is 170 Å². The van der Waals surface area contributed by atoms with E-state index in [4.69, 9.17) is 0 Å². The molecule has 0 spiro atoms. The van der Waals surface area contributed by atoms with Crippen molar-refractivity contribution in [1.29, 1.82) is 0 Å². The largest absolute Gasteiger partial charge is 0.354 e. The number of nitrogens with one attached hydrogen (secondary N) is 1. The van der Waals surface area contributed by atoms with Crippen molar-refractivity contribution in [2.75, 3.05) is 17.3 Å². The molecule has 238 valence electrons. The van der Waals surface area contributed by atoms with E-state index in [1.54, 1.807) is 0 Å². The summed E-state index contributed by atoms with van der Waals surface area (Å²) in [4.78, 5) is 2.37. The van der Waals surface area contributed by atoms with Crippen LogP contribution in [0.4, 0.5) is 22.7 Å². The molecule has 0 bridgehead atoms. The second-order valence-corrected chi connectivity index (χ2v) is 13.9. The molecule has 2 heterocycles. The van der Waals surface area contributed by atoms with Gasteiger partial charge in [0.2, 0.25) is 0 Å². The maximum absolute atomic E-state index is 3.84. The van der Waals surface area contributed by atoms with Gasteiger partial charge in [0, 0.05) is 51.7 Å². The van der Waals surface area contributed by atoms with E-state index < -0.39 is 0 Å². The van der Waals surface area contributed by atoms with Crippen molar-refractivity contribution in [3.05, 3.63) is 170 Å². The van der Waals surface area contributed by atoms with Gasteiger partial charge in [0.1, 0.15) is 0 Å². The van der Waals surface area contributed by atoms with E-state index in [1.165, 1.54) is 99.3 Å². The molecule has 0 radical (unpaired) electrons. The Hall–Kier alpha value is -6.64. The Morgan fingerprint density at radius 2 is 0.824 bits per heavy atom. The molecule has 0 fully saturated rings. The molecule has 0 atom stereocenters.